The van der Waals surface area contributed by atoms with E-state index in [1.807, 2.05) is 13.8 Å². The van der Waals surface area contributed by atoms with Crippen LogP contribution in [0, 0.1) is 5.92 Å². The largest absolute Gasteiger partial charge is 0.334 e. The summed E-state index contributed by atoms with van der Waals surface area (Å²) in [6, 6.07) is 6.14. The summed E-state index contributed by atoms with van der Waals surface area (Å²) < 4.78 is 0.780. The van der Waals surface area contributed by atoms with Crippen LogP contribution in [0.2, 0.25) is 0 Å². The topological polar surface area (TPSA) is 86.8 Å². The van der Waals surface area contributed by atoms with Crippen molar-refractivity contribution in [3.05, 3.63) is 28.7 Å². The normalized spacial score (nSPS) is 14.9. The third-order valence-electron chi connectivity index (χ3n) is 3.09. The molecule has 0 bridgehead atoms. The molecule has 1 saturated heterocycles. The highest BCUT2D eigenvalue weighted by Gasteiger charge is 2.45. The fraction of sp³-hybridized carbons (Fsp3) is 0.333. The Hall–Kier alpha value is -2.22. The van der Waals surface area contributed by atoms with Gasteiger partial charge < -0.3 is 5.32 Å². The summed E-state index contributed by atoms with van der Waals surface area (Å²) >= 11 is 3.28. The molecule has 7 nitrogen and oxygen atoms in total. The molecule has 1 heterocycles. The zero-order chi connectivity index (χ0) is 17.1. The first-order chi connectivity index (χ1) is 10.8. The van der Waals surface area contributed by atoms with E-state index >= 15 is 0 Å². The smallest absolute Gasteiger partial charge is 0.324 e. The van der Waals surface area contributed by atoms with Gasteiger partial charge in [0.15, 0.2) is 0 Å². The number of amides is 5. The van der Waals surface area contributed by atoms with Gasteiger partial charge in [-0.2, -0.15) is 0 Å². The Labute approximate surface area is 141 Å². The zero-order valence-corrected chi connectivity index (χ0v) is 14.3. The number of benzene rings is 1. The lowest BCUT2D eigenvalue weighted by Crippen LogP contribution is -2.39. The van der Waals surface area contributed by atoms with Crippen LogP contribution in [0.3, 0.4) is 0 Å². The van der Waals surface area contributed by atoms with Crippen LogP contribution in [-0.2, 0) is 14.4 Å². The maximum Gasteiger partial charge on any atom is 0.334 e. The van der Waals surface area contributed by atoms with Gasteiger partial charge in [0.25, 0.3) is 0 Å². The number of hydrogen-bond acceptors (Lipinski definition) is 4. The number of imide groups is 2. The molecule has 0 aliphatic carbocycles. The first-order valence-electron chi connectivity index (χ1n) is 7.02. The molecule has 0 unspecified atom stereocenters. The zero-order valence-electron chi connectivity index (χ0n) is 12.7. The Bertz CT molecular complexity index is 674. The highest BCUT2D eigenvalue weighted by molar-refractivity contribution is 9.10. The predicted molar refractivity (Wildman–Crippen MR) is 86.4 cm³/mol. The van der Waals surface area contributed by atoms with E-state index < -0.39 is 30.3 Å². The Morgan fingerprint density at radius 3 is 2.43 bits per heavy atom. The SMILES string of the molecule is CC(C)CN1C(=O)C(=O)N(CC(=O)Nc2cccc(Br)c2)C1=O. The van der Waals surface area contributed by atoms with Crippen molar-refractivity contribution in [1.82, 2.24) is 9.80 Å². The van der Waals surface area contributed by atoms with E-state index in [2.05, 4.69) is 21.2 Å². The summed E-state index contributed by atoms with van der Waals surface area (Å²) in [5.74, 6) is -2.38. The van der Waals surface area contributed by atoms with Gasteiger partial charge in [-0.25, -0.2) is 9.69 Å². The van der Waals surface area contributed by atoms with Gasteiger partial charge in [0.2, 0.25) is 5.91 Å². The Balaban J connectivity index is 2.04. The number of hydrogen-bond donors (Lipinski definition) is 1. The average molecular weight is 382 g/mol. The van der Waals surface area contributed by atoms with Gasteiger partial charge >= 0.3 is 17.8 Å². The van der Waals surface area contributed by atoms with Crippen LogP contribution < -0.4 is 5.32 Å². The summed E-state index contributed by atoms with van der Waals surface area (Å²) in [7, 11) is 0. The van der Waals surface area contributed by atoms with Gasteiger partial charge in [-0.1, -0.05) is 35.8 Å². The molecule has 1 fully saturated rings. The van der Waals surface area contributed by atoms with Crippen LogP contribution in [0.1, 0.15) is 13.8 Å². The molecule has 1 N–H and O–H groups in total. The van der Waals surface area contributed by atoms with Crippen LogP contribution >= 0.6 is 15.9 Å². The van der Waals surface area contributed by atoms with Gasteiger partial charge in [-0.15, -0.1) is 0 Å². The van der Waals surface area contributed by atoms with Gasteiger partial charge in [0.1, 0.15) is 6.54 Å². The number of urea groups is 1. The molecule has 1 aromatic carbocycles. The minimum atomic E-state index is -0.972. The fourth-order valence-corrected chi connectivity index (χ4v) is 2.53. The van der Waals surface area contributed by atoms with Crippen LogP contribution in [0.25, 0.3) is 0 Å². The van der Waals surface area contributed by atoms with E-state index in [0.29, 0.717) is 10.6 Å². The number of nitrogens with one attached hydrogen (secondary N) is 1. The molecular formula is C15H16BrN3O4. The molecule has 0 atom stereocenters. The molecule has 5 amide bonds. The van der Waals surface area contributed by atoms with E-state index in [0.717, 1.165) is 9.37 Å². The van der Waals surface area contributed by atoms with E-state index in [-0.39, 0.29) is 12.5 Å². The molecular weight excluding hydrogens is 366 g/mol. The fourth-order valence-electron chi connectivity index (χ4n) is 2.13. The van der Waals surface area contributed by atoms with Gasteiger partial charge in [0, 0.05) is 16.7 Å². The van der Waals surface area contributed by atoms with Crippen molar-refractivity contribution in [2.45, 2.75) is 13.8 Å². The second-order valence-corrected chi connectivity index (χ2v) is 6.46. The van der Waals surface area contributed by atoms with Crippen molar-refractivity contribution < 1.29 is 19.2 Å². The van der Waals surface area contributed by atoms with Crippen molar-refractivity contribution in [1.29, 1.82) is 0 Å². The third-order valence-corrected chi connectivity index (χ3v) is 3.59. The van der Waals surface area contributed by atoms with Crippen molar-refractivity contribution in [3.8, 4) is 0 Å². The highest BCUT2D eigenvalue weighted by Crippen LogP contribution is 2.17. The first kappa shape index (κ1) is 17.1. The third kappa shape index (κ3) is 3.95. The number of nitrogens with zero attached hydrogens (tertiary/aromatic N) is 2. The molecule has 8 heteroatoms. The molecule has 0 saturated carbocycles. The number of carbonyl (C=O) groups is 4. The van der Waals surface area contributed by atoms with E-state index in [1.54, 1.807) is 24.3 Å². The number of rotatable bonds is 5. The maximum atomic E-state index is 12.1. The Morgan fingerprint density at radius 2 is 1.83 bits per heavy atom. The second-order valence-electron chi connectivity index (χ2n) is 5.54. The average Bonchev–Trinajstić information content (AvgIpc) is 2.64. The van der Waals surface area contributed by atoms with Crippen molar-refractivity contribution >= 4 is 45.4 Å². The Morgan fingerprint density at radius 1 is 1.17 bits per heavy atom. The summed E-state index contributed by atoms with van der Waals surface area (Å²) in [6.07, 6.45) is 0. The summed E-state index contributed by atoms with van der Waals surface area (Å²) in [4.78, 5) is 49.4. The second kappa shape index (κ2) is 6.91. The van der Waals surface area contributed by atoms with Crippen molar-refractivity contribution in [3.63, 3.8) is 0 Å². The van der Waals surface area contributed by atoms with Gasteiger partial charge in [0.05, 0.1) is 0 Å². The molecule has 0 spiro atoms. The molecule has 1 aromatic rings. The lowest BCUT2D eigenvalue weighted by atomic mass is 10.2. The molecule has 1 aliphatic heterocycles. The van der Waals surface area contributed by atoms with Crippen molar-refractivity contribution in [2.75, 3.05) is 18.4 Å². The quantitative estimate of drug-likeness (QED) is 0.622. The Kier molecular flexibility index (Phi) is 5.15. The molecule has 23 heavy (non-hydrogen) atoms. The number of halogens is 1. The van der Waals surface area contributed by atoms with Crippen LogP contribution in [-0.4, -0.2) is 46.6 Å². The molecule has 0 aromatic heterocycles. The summed E-state index contributed by atoms with van der Waals surface area (Å²) in [5.41, 5.74) is 0.522. The number of anilines is 1. The minimum absolute atomic E-state index is 0.0335. The molecule has 1 aliphatic rings. The number of carbonyl (C=O) groups excluding carboxylic acids is 4. The lowest BCUT2D eigenvalue weighted by Gasteiger charge is -2.16. The monoisotopic (exact) mass is 381 g/mol. The van der Waals surface area contributed by atoms with Crippen LogP contribution in [0.4, 0.5) is 10.5 Å². The highest BCUT2D eigenvalue weighted by atomic mass is 79.9. The van der Waals surface area contributed by atoms with E-state index in [9.17, 15) is 19.2 Å². The summed E-state index contributed by atoms with van der Waals surface area (Å²) in [6.45, 7) is 3.30. The first-order valence-corrected chi connectivity index (χ1v) is 7.81. The van der Waals surface area contributed by atoms with E-state index in [1.165, 1.54) is 0 Å². The predicted octanol–water partition coefficient (Wildman–Crippen LogP) is 1.83. The summed E-state index contributed by atoms with van der Waals surface area (Å²) in [5, 5.41) is 2.58. The molecule has 122 valence electrons. The van der Waals surface area contributed by atoms with Crippen LogP contribution in [0.5, 0.6) is 0 Å². The van der Waals surface area contributed by atoms with Gasteiger partial charge in [-0.05, 0) is 24.1 Å². The standard InChI is InChI=1S/C15H16BrN3O4/c1-9(2)7-18-13(21)14(22)19(15(18)23)8-12(20)17-11-5-3-4-10(16)6-11/h3-6,9H,7-8H2,1-2H3,(H,17,20). The van der Waals surface area contributed by atoms with E-state index in [4.69, 9.17) is 0 Å². The maximum absolute atomic E-state index is 12.1. The molecule has 2 rings (SSSR count). The lowest BCUT2D eigenvalue weighted by molar-refractivity contribution is -0.143. The van der Waals surface area contributed by atoms with Crippen LogP contribution in [0.15, 0.2) is 28.7 Å². The van der Waals surface area contributed by atoms with Crippen molar-refractivity contribution in [2.24, 2.45) is 5.92 Å². The van der Waals surface area contributed by atoms with Gasteiger partial charge in [-0.3, -0.25) is 19.3 Å². The minimum Gasteiger partial charge on any atom is -0.324 e. The molecule has 0 radical (unpaired) electrons.